The zero-order valence-corrected chi connectivity index (χ0v) is 19.7. The number of hydrogen-bond acceptors (Lipinski definition) is 4. The van der Waals surface area contributed by atoms with Gasteiger partial charge in [-0.05, 0) is 41.3 Å². The molecule has 1 aliphatic heterocycles. The third-order valence-electron chi connectivity index (χ3n) is 6.24. The Morgan fingerprint density at radius 1 is 1.12 bits per heavy atom. The van der Waals surface area contributed by atoms with Gasteiger partial charge in [0.2, 0.25) is 6.33 Å². The number of aromatic nitrogens is 2. The van der Waals surface area contributed by atoms with Crippen molar-refractivity contribution in [2.75, 3.05) is 13.7 Å². The molecule has 0 spiro atoms. The van der Waals surface area contributed by atoms with Crippen molar-refractivity contribution in [3.63, 3.8) is 0 Å². The van der Waals surface area contributed by atoms with E-state index in [0.29, 0.717) is 36.7 Å². The molecular weight excluding hydrogens is 430 g/mol. The van der Waals surface area contributed by atoms with Gasteiger partial charge >= 0.3 is 0 Å². The first kappa shape index (κ1) is 23.3. The maximum atomic E-state index is 13.2. The van der Waals surface area contributed by atoms with Crippen LogP contribution in [0.1, 0.15) is 48.9 Å². The van der Waals surface area contributed by atoms with Crippen LogP contribution in [0, 0.1) is 0 Å². The van der Waals surface area contributed by atoms with Gasteiger partial charge in [0, 0.05) is 18.5 Å². The Labute approximate surface area is 199 Å². The minimum Gasteiger partial charge on any atom is -0.507 e. The van der Waals surface area contributed by atoms with Gasteiger partial charge in [0.25, 0.3) is 11.7 Å². The van der Waals surface area contributed by atoms with Crippen molar-refractivity contribution < 1.29 is 24.0 Å². The average molecular weight is 461 g/mol. The summed E-state index contributed by atoms with van der Waals surface area (Å²) >= 11 is 0. The fourth-order valence-electron chi connectivity index (χ4n) is 4.31. The van der Waals surface area contributed by atoms with E-state index in [1.807, 2.05) is 47.6 Å². The summed E-state index contributed by atoms with van der Waals surface area (Å²) in [4.78, 5) is 30.8. The quantitative estimate of drug-likeness (QED) is 0.231. The Morgan fingerprint density at radius 3 is 2.41 bits per heavy atom. The number of methoxy groups -OCH3 is 1. The molecule has 0 radical (unpaired) electrons. The van der Waals surface area contributed by atoms with E-state index in [9.17, 15) is 14.7 Å². The average Bonchev–Trinajstić information content (AvgIpc) is 3.46. The number of H-pyrrole nitrogens is 1. The van der Waals surface area contributed by atoms with Crippen molar-refractivity contribution in [1.29, 1.82) is 0 Å². The molecule has 2 heterocycles. The normalized spacial score (nSPS) is 17.5. The van der Waals surface area contributed by atoms with Gasteiger partial charge in [0.1, 0.15) is 23.9 Å². The number of benzene rings is 2. The molecule has 1 amide bonds. The van der Waals surface area contributed by atoms with E-state index >= 15 is 0 Å². The smallest absolute Gasteiger partial charge is 0.295 e. The summed E-state index contributed by atoms with van der Waals surface area (Å²) in [7, 11) is 1.56. The van der Waals surface area contributed by atoms with E-state index in [-0.39, 0.29) is 11.3 Å². The van der Waals surface area contributed by atoms with Crippen LogP contribution >= 0.6 is 0 Å². The van der Waals surface area contributed by atoms with Gasteiger partial charge < -0.3 is 14.7 Å². The monoisotopic (exact) mass is 460 g/mol. The van der Waals surface area contributed by atoms with E-state index in [2.05, 4.69) is 18.8 Å². The number of rotatable bonds is 8. The summed E-state index contributed by atoms with van der Waals surface area (Å²) in [6, 6.07) is 14.1. The van der Waals surface area contributed by atoms with Crippen LogP contribution in [-0.2, 0) is 16.1 Å². The Balaban J connectivity index is 1.72. The van der Waals surface area contributed by atoms with Gasteiger partial charge in [-0.3, -0.25) is 14.6 Å². The lowest BCUT2D eigenvalue weighted by atomic mass is 9.93. The Bertz CT molecular complexity index is 1180. The van der Waals surface area contributed by atoms with Crippen LogP contribution in [0.15, 0.2) is 72.8 Å². The summed E-state index contributed by atoms with van der Waals surface area (Å²) in [5.41, 5.74) is 2.54. The van der Waals surface area contributed by atoms with Crippen LogP contribution in [0.25, 0.3) is 5.76 Å². The van der Waals surface area contributed by atoms with Gasteiger partial charge in [-0.15, -0.1) is 0 Å². The highest BCUT2D eigenvalue weighted by Crippen LogP contribution is 2.40. The summed E-state index contributed by atoms with van der Waals surface area (Å²) < 4.78 is 7.18. The first-order valence-electron chi connectivity index (χ1n) is 11.4. The molecule has 1 aromatic heterocycles. The van der Waals surface area contributed by atoms with Gasteiger partial charge in [-0.1, -0.05) is 38.1 Å². The number of ketones is 1. The maximum Gasteiger partial charge on any atom is 0.295 e. The lowest BCUT2D eigenvalue weighted by molar-refractivity contribution is -0.695. The molecule has 0 saturated carbocycles. The van der Waals surface area contributed by atoms with E-state index in [0.717, 1.165) is 5.56 Å². The number of aryl methyl sites for hydroxylation is 1. The van der Waals surface area contributed by atoms with Crippen LogP contribution in [0.4, 0.5) is 0 Å². The van der Waals surface area contributed by atoms with E-state index in [1.165, 1.54) is 5.56 Å². The van der Waals surface area contributed by atoms with E-state index in [1.54, 1.807) is 36.3 Å². The predicted molar refractivity (Wildman–Crippen MR) is 128 cm³/mol. The van der Waals surface area contributed by atoms with Gasteiger partial charge in [-0.25, -0.2) is 4.57 Å². The number of carbonyl (C=O) groups excluding carboxylic acids is 2. The second-order valence-electron chi connectivity index (χ2n) is 8.75. The largest absolute Gasteiger partial charge is 0.507 e. The number of amides is 1. The van der Waals surface area contributed by atoms with Crippen molar-refractivity contribution in [2.45, 2.75) is 38.8 Å². The summed E-state index contributed by atoms with van der Waals surface area (Å²) in [6.07, 6.45) is 6.26. The number of nitrogens with zero attached hydrogens (tertiary/aromatic N) is 2. The number of imidazole rings is 1. The van der Waals surface area contributed by atoms with Gasteiger partial charge in [0.15, 0.2) is 0 Å². The van der Waals surface area contributed by atoms with E-state index in [4.69, 9.17) is 4.74 Å². The lowest BCUT2D eigenvalue weighted by Gasteiger charge is -2.25. The second kappa shape index (κ2) is 9.95. The lowest BCUT2D eigenvalue weighted by Crippen LogP contribution is -2.36. The molecule has 7 heteroatoms. The molecule has 3 aromatic rings. The van der Waals surface area contributed by atoms with Crippen LogP contribution in [-0.4, -0.2) is 40.3 Å². The molecule has 1 fully saturated rings. The third kappa shape index (κ3) is 4.59. The van der Waals surface area contributed by atoms with Crippen molar-refractivity contribution in [3.8, 4) is 5.75 Å². The third-order valence-corrected chi connectivity index (χ3v) is 6.24. The van der Waals surface area contributed by atoms with Crippen molar-refractivity contribution >= 4 is 17.4 Å². The fourth-order valence-corrected chi connectivity index (χ4v) is 4.31. The highest BCUT2D eigenvalue weighted by atomic mass is 16.5. The molecule has 1 unspecified atom stereocenters. The number of Topliss-reactive ketones (excluding diaryl/α,β-unsaturated/α-hetero) is 1. The molecule has 2 N–H and O–H groups in total. The topological polar surface area (TPSA) is 86.5 Å². The molecule has 2 aromatic carbocycles. The number of hydrogen-bond donors (Lipinski definition) is 2. The Hall–Kier alpha value is -3.87. The highest BCUT2D eigenvalue weighted by molar-refractivity contribution is 6.46. The van der Waals surface area contributed by atoms with Crippen molar-refractivity contribution in [3.05, 3.63) is 89.5 Å². The molecule has 0 bridgehead atoms. The number of aliphatic hydroxyl groups excluding tert-OH is 1. The molecule has 0 aliphatic carbocycles. The molecule has 1 atom stereocenters. The standard InChI is InChI=1S/C27H29N3O4/c1-18(2)19-5-7-20(8-6-19)24-23(25(31)21-9-11-22(34-3)12-10-21)26(32)27(33)30(24)15-4-14-29-16-13-28-17-29/h5-13,16-18,24H,4,14-15H2,1-3H3,(H,31,32)/p+1. The van der Waals surface area contributed by atoms with Gasteiger partial charge in [-0.2, -0.15) is 0 Å². The first-order chi connectivity index (χ1) is 16.4. The molecule has 1 saturated heterocycles. The SMILES string of the molecule is COc1ccc(C(O)=C2C(=O)C(=O)N(CCC[n+]3cc[nH]c3)C2c2ccc(C(C)C)cc2)cc1. The highest BCUT2D eigenvalue weighted by Gasteiger charge is 2.45. The van der Waals surface area contributed by atoms with Crippen LogP contribution in [0.5, 0.6) is 5.75 Å². The van der Waals surface area contributed by atoms with Gasteiger partial charge in [0.05, 0.1) is 25.3 Å². The molecule has 176 valence electrons. The number of likely N-dealkylation sites (tertiary alicyclic amines) is 1. The second-order valence-corrected chi connectivity index (χ2v) is 8.75. The van der Waals surface area contributed by atoms with Crippen molar-refractivity contribution in [1.82, 2.24) is 9.88 Å². The van der Waals surface area contributed by atoms with Crippen LogP contribution < -0.4 is 9.30 Å². The minimum atomic E-state index is -0.666. The summed E-state index contributed by atoms with van der Waals surface area (Å²) in [6.45, 7) is 5.32. The molecule has 1 aliphatic rings. The number of aromatic amines is 1. The molecule has 34 heavy (non-hydrogen) atoms. The predicted octanol–water partition coefficient (Wildman–Crippen LogP) is 3.95. The van der Waals surface area contributed by atoms with E-state index < -0.39 is 17.7 Å². The number of aliphatic hydroxyl groups is 1. The van der Waals surface area contributed by atoms with Crippen molar-refractivity contribution in [2.24, 2.45) is 0 Å². The van der Waals surface area contributed by atoms with Crippen LogP contribution in [0.2, 0.25) is 0 Å². The fraction of sp³-hybridized carbons (Fsp3) is 0.296. The minimum absolute atomic E-state index is 0.113. The Morgan fingerprint density at radius 2 is 1.82 bits per heavy atom. The first-order valence-corrected chi connectivity index (χ1v) is 11.4. The number of nitrogens with one attached hydrogen (secondary N) is 1. The maximum absolute atomic E-state index is 13.2. The summed E-state index contributed by atoms with van der Waals surface area (Å²) in [5.74, 6) is -0.438. The zero-order chi connectivity index (χ0) is 24.2. The Kier molecular flexibility index (Phi) is 6.82. The van der Waals surface area contributed by atoms with Crippen LogP contribution in [0.3, 0.4) is 0 Å². The zero-order valence-electron chi connectivity index (χ0n) is 19.7. The molecule has 7 nitrogen and oxygen atoms in total. The number of ether oxygens (including phenoxy) is 1. The molecule has 4 rings (SSSR count). The number of carbonyl (C=O) groups is 2. The molecular formula is C27H30N3O4+. The summed E-state index contributed by atoms with van der Waals surface area (Å²) in [5, 5.41) is 11.2.